The second-order valence-electron chi connectivity index (χ2n) is 12.9. The van der Waals surface area contributed by atoms with Gasteiger partial charge in [0, 0.05) is 11.3 Å². The van der Waals surface area contributed by atoms with Gasteiger partial charge in [0.2, 0.25) is 0 Å². The molecule has 0 heterocycles. The van der Waals surface area contributed by atoms with E-state index >= 15 is 0 Å². The molecule has 4 rings (SSSR count). The number of allylic oxidation sites excluding steroid dienone is 1. The predicted octanol–water partition coefficient (Wildman–Crippen LogP) is -0.416. The first kappa shape index (κ1) is 27.7. The summed E-state index contributed by atoms with van der Waals surface area (Å²) in [6, 6.07) is 0. The highest BCUT2D eigenvalue weighted by Crippen LogP contribution is 2.68. The molecule has 6 N–H and O–H groups in total. The van der Waals surface area contributed by atoms with E-state index in [2.05, 4.69) is 0 Å². The lowest BCUT2D eigenvalue weighted by molar-refractivity contribution is -0.324. The normalized spacial score (nSPS) is 46.4. The number of carbonyl (C=O) groups excluding carboxylic acids is 2. The molecule has 0 aliphatic heterocycles. The highest BCUT2D eigenvalue weighted by Gasteiger charge is 2.69. The maximum Gasteiger partial charge on any atom is 0.159 e. The van der Waals surface area contributed by atoms with Crippen molar-refractivity contribution >= 4 is 11.8 Å². The second kappa shape index (κ2) is 8.58. The van der Waals surface area contributed by atoms with Crippen LogP contribution >= 0.6 is 0 Å². The molecule has 11 atom stereocenters. The molecule has 4 aliphatic carbocycles. The monoisotopic (exact) mass is 509 g/mol. The van der Waals surface area contributed by atoms with Gasteiger partial charge in [-0.15, -0.1) is 0 Å². The van der Waals surface area contributed by atoms with Crippen molar-refractivity contribution < 1.29 is 45.3 Å². The van der Waals surface area contributed by atoms with Gasteiger partial charge in [-0.05, 0) is 94.1 Å². The first-order valence-electron chi connectivity index (χ1n) is 13.1. The van der Waals surface area contributed by atoms with Gasteiger partial charge in [-0.3, -0.25) is 4.79 Å². The van der Waals surface area contributed by atoms with Crippen LogP contribution in [-0.2, 0) is 9.59 Å². The predicted molar refractivity (Wildman–Crippen MR) is 126 cm³/mol. The number of hydrogen-bond donors (Lipinski definition) is 6. The molecule has 0 amide bonds. The molecule has 36 heavy (non-hydrogen) atoms. The number of fused-ring (bicyclic) bond motifs is 5. The summed E-state index contributed by atoms with van der Waals surface area (Å²) in [5.41, 5.74) is -6.08. The molecule has 204 valence electrons. The molecule has 0 aromatic heterocycles. The molecule has 4 aliphatic rings. The Morgan fingerprint density at radius 1 is 1.14 bits per heavy atom. The van der Waals surface area contributed by atoms with Crippen LogP contribution in [0.3, 0.4) is 0 Å². The number of carbonyl (C=O) groups is 2. The van der Waals surface area contributed by atoms with E-state index in [1.54, 1.807) is 0 Å². The van der Waals surface area contributed by atoms with Crippen molar-refractivity contribution in [1.82, 2.24) is 0 Å². The highest BCUT2D eigenvalue weighted by atomic mass is 16.4. The Morgan fingerprint density at radius 3 is 2.39 bits per heavy atom. The number of aliphatic hydroxyl groups excluding tert-OH is 3. The summed E-state index contributed by atoms with van der Waals surface area (Å²) in [4.78, 5) is 24.4. The molecular weight excluding hydrogens is 468 g/mol. The minimum absolute atomic E-state index is 0.160. The van der Waals surface area contributed by atoms with E-state index in [4.69, 9.17) is 0 Å². The van der Waals surface area contributed by atoms with Gasteiger partial charge in [-0.1, -0.05) is 13.8 Å². The topological polar surface area (TPSA) is 179 Å². The number of carboxylic acids is 1. The van der Waals surface area contributed by atoms with Gasteiger partial charge in [-0.25, -0.2) is 0 Å². The molecule has 3 saturated carbocycles. The Balaban J connectivity index is 1.63. The van der Waals surface area contributed by atoms with Crippen molar-refractivity contribution in [1.29, 1.82) is 0 Å². The van der Waals surface area contributed by atoms with E-state index in [1.165, 1.54) is 13.0 Å². The lowest BCUT2D eigenvalue weighted by atomic mass is 9.45. The van der Waals surface area contributed by atoms with Gasteiger partial charge in [0.25, 0.3) is 0 Å². The second-order valence-corrected chi connectivity index (χ2v) is 12.9. The van der Waals surface area contributed by atoms with Crippen molar-refractivity contribution in [2.24, 2.45) is 28.6 Å². The maximum absolute atomic E-state index is 13.3. The zero-order chi connectivity index (χ0) is 27.1. The van der Waals surface area contributed by atoms with Crippen LogP contribution in [0.1, 0.15) is 79.1 Å². The van der Waals surface area contributed by atoms with Crippen LogP contribution in [0.25, 0.3) is 0 Å². The van der Waals surface area contributed by atoms with E-state index in [0.717, 1.165) is 6.92 Å². The van der Waals surface area contributed by atoms with Gasteiger partial charge in [0.05, 0.1) is 35.5 Å². The van der Waals surface area contributed by atoms with Gasteiger partial charge < -0.3 is 40.5 Å². The lowest BCUT2D eigenvalue weighted by Gasteiger charge is -2.60. The van der Waals surface area contributed by atoms with Crippen LogP contribution in [0.5, 0.6) is 0 Å². The fraction of sp³-hybridized carbons (Fsp3) is 0.852. The van der Waals surface area contributed by atoms with Gasteiger partial charge in [-0.2, -0.15) is 0 Å². The Hall–Kier alpha value is -1.36. The van der Waals surface area contributed by atoms with Crippen LogP contribution in [0, 0.1) is 28.6 Å². The average Bonchev–Trinajstić information content (AvgIpc) is 3.06. The first-order valence-corrected chi connectivity index (χ1v) is 13.1. The SMILES string of the molecule is CC(O)(CC[C@@H](O)C(C)(O)[C@H]1CC[C@@]2(O)C3=CC(=O)[C@@H]4C[C@@H](O)[C@@H](O)C[C@]4(C)[C@H]3CC[C@]12C)C(=O)[O-]. The average molecular weight is 510 g/mol. The van der Waals surface area contributed by atoms with Gasteiger partial charge >= 0.3 is 0 Å². The Bertz CT molecular complexity index is 957. The quantitative estimate of drug-likeness (QED) is 0.277. The summed E-state index contributed by atoms with van der Waals surface area (Å²) in [6.07, 6.45) is 0.0508. The largest absolute Gasteiger partial charge is 0.547 e. The smallest absolute Gasteiger partial charge is 0.159 e. The summed E-state index contributed by atoms with van der Waals surface area (Å²) >= 11 is 0. The molecule has 0 radical (unpaired) electrons. The third kappa shape index (κ3) is 3.81. The lowest BCUT2D eigenvalue weighted by Crippen LogP contribution is -2.63. The Morgan fingerprint density at radius 2 is 1.78 bits per heavy atom. The molecular formula is C27H41O9-. The van der Waals surface area contributed by atoms with Crippen molar-refractivity contribution in [3.05, 3.63) is 11.6 Å². The molecule has 9 nitrogen and oxygen atoms in total. The van der Waals surface area contributed by atoms with Gasteiger partial charge in [0.1, 0.15) is 5.60 Å². The number of aliphatic hydroxyl groups is 6. The third-order valence-electron chi connectivity index (χ3n) is 10.8. The fourth-order valence-corrected chi connectivity index (χ4v) is 8.35. The highest BCUT2D eigenvalue weighted by molar-refractivity contribution is 5.95. The zero-order valence-corrected chi connectivity index (χ0v) is 21.6. The molecule has 0 bridgehead atoms. The Labute approximate surface area is 211 Å². The van der Waals surface area contributed by atoms with Crippen LogP contribution in [0.4, 0.5) is 0 Å². The molecule has 3 fully saturated rings. The minimum atomic E-state index is -2.15. The molecule has 0 spiro atoms. The van der Waals surface area contributed by atoms with Crippen LogP contribution in [0.15, 0.2) is 11.6 Å². The van der Waals surface area contributed by atoms with Crippen LogP contribution in [0.2, 0.25) is 0 Å². The molecule has 2 unspecified atom stereocenters. The van der Waals surface area contributed by atoms with E-state index in [-0.39, 0.29) is 43.8 Å². The van der Waals surface area contributed by atoms with Crippen molar-refractivity contribution in [3.63, 3.8) is 0 Å². The number of rotatable bonds is 6. The van der Waals surface area contributed by atoms with E-state index in [0.29, 0.717) is 24.8 Å². The molecule has 0 aromatic rings. The van der Waals surface area contributed by atoms with Gasteiger partial charge in [0.15, 0.2) is 5.78 Å². The zero-order valence-electron chi connectivity index (χ0n) is 21.6. The van der Waals surface area contributed by atoms with E-state index in [9.17, 15) is 45.3 Å². The standard InChI is InChI=1S/C27H42O9/c1-23-13-19(30)18(29)12-16(23)17(28)11-15-14(23)5-8-24(2)20(6-10-27(15,24)36)26(4,35)21(31)7-9-25(3,34)22(32)33/h11,14,16,18-21,29-31,34-36H,5-10,12-13H2,1-4H3,(H,32,33)/p-1/t14-,16-,18+,19-,20-,21+,23+,24+,25?,26?,27+/m0/s1. The summed E-state index contributed by atoms with van der Waals surface area (Å²) in [7, 11) is 0. The summed E-state index contributed by atoms with van der Waals surface area (Å²) < 4.78 is 0. The Kier molecular flexibility index (Phi) is 6.59. The van der Waals surface area contributed by atoms with Crippen molar-refractivity contribution in [2.75, 3.05) is 0 Å². The fourth-order valence-electron chi connectivity index (χ4n) is 8.35. The van der Waals surface area contributed by atoms with Crippen LogP contribution in [-0.4, -0.2) is 77.5 Å². The van der Waals surface area contributed by atoms with Crippen LogP contribution < -0.4 is 5.11 Å². The molecule has 9 heteroatoms. The maximum atomic E-state index is 13.3. The van der Waals surface area contributed by atoms with E-state index in [1.807, 2.05) is 13.8 Å². The number of ketones is 1. The van der Waals surface area contributed by atoms with Crippen molar-refractivity contribution in [2.45, 2.75) is 114 Å². The molecule has 0 aromatic carbocycles. The molecule has 0 saturated heterocycles. The minimum Gasteiger partial charge on any atom is -0.547 e. The summed E-state index contributed by atoms with van der Waals surface area (Å²) in [6.45, 7) is 6.40. The van der Waals surface area contributed by atoms with E-state index < -0.39 is 63.8 Å². The number of hydrogen-bond acceptors (Lipinski definition) is 9. The third-order valence-corrected chi connectivity index (χ3v) is 10.8. The number of aliphatic carboxylic acids is 1. The first-order chi connectivity index (χ1) is 16.4. The van der Waals surface area contributed by atoms with Crippen molar-refractivity contribution in [3.8, 4) is 0 Å². The number of carboxylic acid groups (broad SMARTS) is 1. The summed E-state index contributed by atoms with van der Waals surface area (Å²) in [5.74, 6) is -2.97. The summed E-state index contributed by atoms with van der Waals surface area (Å²) in [5, 5.41) is 76.5.